The summed E-state index contributed by atoms with van der Waals surface area (Å²) in [6.45, 7) is 12.4. The van der Waals surface area contributed by atoms with Crippen LogP contribution in [0.1, 0.15) is 54.4 Å². The van der Waals surface area contributed by atoms with Crippen LogP contribution in [0.4, 0.5) is 0 Å². The molecule has 1 fully saturated rings. The average Bonchev–Trinajstić information content (AvgIpc) is 2.66. The summed E-state index contributed by atoms with van der Waals surface area (Å²) < 4.78 is 5.41. The quantitative estimate of drug-likeness (QED) is 0.428. The van der Waals surface area contributed by atoms with E-state index in [2.05, 4.69) is 40.5 Å². The fourth-order valence-corrected chi connectivity index (χ4v) is 2.67. The number of carbonyl (C=O) groups excluding carboxylic acids is 1. The van der Waals surface area contributed by atoms with Gasteiger partial charge in [-0.25, -0.2) is 0 Å². The molecule has 0 aromatic heterocycles. The highest BCUT2D eigenvalue weighted by Crippen LogP contribution is 2.68. The predicted octanol–water partition coefficient (Wildman–Crippen LogP) is 3.92. The van der Waals surface area contributed by atoms with E-state index < -0.39 is 0 Å². The largest absolute Gasteiger partial charge is 0.417 e. The monoisotopic (exact) mass is 248 g/mol. The van der Waals surface area contributed by atoms with Crippen molar-refractivity contribution < 1.29 is 9.53 Å². The molecule has 0 aliphatic heterocycles. The Labute approximate surface area is 111 Å². The molecule has 0 saturated heterocycles. The van der Waals surface area contributed by atoms with Crippen molar-refractivity contribution in [2.45, 2.75) is 54.4 Å². The minimum absolute atomic E-state index is 0.0115. The molecule has 2 heteroatoms. The van der Waals surface area contributed by atoms with Gasteiger partial charge in [-0.15, -0.1) is 6.42 Å². The number of terminal acetylenes is 1. The number of hydrogen-bond donors (Lipinski definition) is 0. The van der Waals surface area contributed by atoms with Crippen LogP contribution in [0.25, 0.3) is 0 Å². The fourth-order valence-electron chi connectivity index (χ4n) is 2.67. The van der Waals surface area contributed by atoms with E-state index in [0.29, 0.717) is 5.76 Å². The minimum atomic E-state index is -0.187. The summed E-state index contributed by atoms with van der Waals surface area (Å²) in [5, 5.41) is 0. The molecule has 0 aromatic carbocycles. The van der Waals surface area contributed by atoms with Crippen molar-refractivity contribution in [3.05, 3.63) is 11.3 Å². The lowest BCUT2D eigenvalue weighted by atomic mass is 10.0. The lowest BCUT2D eigenvalue weighted by molar-refractivity contribution is -0.141. The zero-order valence-electron chi connectivity index (χ0n) is 12.4. The van der Waals surface area contributed by atoms with Gasteiger partial charge in [-0.2, -0.15) is 0 Å². The number of ether oxygens (including phenoxy) is 1. The van der Waals surface area contributed by atoms with Crippen LogP contribution in [-0.4, -0.2) is 5.97 Å². The van der Waals surface area contributed by atoms with Crippen molar-refractivity contribution in [3.8, 4) is 12.3 Å². The first-order valence-electron chi connectivity index (χ1n) is 6.58. The van der Waals surface area contributed by atoms with Crippen LogP contribution < -0.4 is 0 Å². The van der Waals surface area contributed by atoms with E-state index in [-0.39, 0.29) is 22.7 Å². The smallest absolute Gasteiger partial charge is 0.316 e. The third kappa shape index (κ3) is 2.32. The molecule has 1 saturated carbocycles. The summed E-state index contributed by atoms with van der Waals surface area (Å²) in [7, 11) is 0. The van der Waals surface area contributed by atoms with E-state index in [1.807, 2.05) is 6.92 Å². The molecule has 0 atom stereocenters. The molecule has 0 aromatic rings. The third-order valence-corrected chi connectivity index (χ3v) is 4.60. The van der Waals surface area contributed by atoms with Crippen LogP contribution >= 0.6 is 0 Å². The minimum Gasteiger partial charge on any atom is -0.417 e. The standard InChI is InChI=1S/C16H24O2/c1-8-10-11(3)12(9-2)18-14(17)13-15(4,5)16(13,6)7/h2,13H,8,10H2,1,3-7H3/b12-11+. The van der Waals surface area contributed by atoms with Gasteiger partial charge in [0.1, 0.15) is 0 Å². The molecule has 1 aliphatic rings. The maximum Gasteiger partial charge on any atom is 0.316 e. The topological polar surface area (TPSA) is 26.3 Å². The predicted molar refractivity (Wildman–Crippen MR) is 73.6 cm³/mol. The second kappa shape index (κ2) is 4.80. The zero-order valence-corrected chi connectivity index (χ0v) is 12.4. The highest BCUT2D eigenvalue weighted by molar-refractivity contribution is 5.80. The van der Waals surface area contributed by atoms with Gasteiger partial charge >= 0.3 is 5.97 Å². The number of hydrogen-bond acceptors (Lipinski definition) is 2. The van der Waals surface area contributed by atoms with Crippen LogP contribution in [0.2, 0.25) is 0 Å². The first-order valence-corrected chi connectivity index (χ1v) is 6.58. The molecule has 0 radical (unpaired) electrons. The Bertz CT molecular complexity index is 405. The molecule has 0 amide bonds. The second-order valence-electron chi connectivity index (χ2n) is 6.30. The summed E-state index contributed by atoms with van der Waals surface area (Å²) in [6.07, 6.45) is 7.28. The van der Waals surface area contributed by atoms with E-state index in [9.17, 15) is 4.79 Å². The van der Waals surface area contributed by atoms with Gasteiger partial charge in [0.05, 0.1) is 5.92 Å². The molecule has 0 N–H and O–H groups in total. The molecular weight excluding hydrogens is 224 g/mol. The summed E-state index contributed by atoms with van der Waals surface area (Å²) in [6, 6.07) is 0. The van der Waals surface area contributed by atoms with E-state index in [0.717, 1.165) is 18.4 Å². The van der Waals surface area contributed by atoms with Gasteiger partial charge in [-0.3, -0.25) is 4.79 Å². The average molecular weight is 248 g/mol. The Morgan fingerprint density at radius 1 is 1.28 bits per heavy atom. The Morgan fingerprint density at radius 2 is 1.78 bits per heavy atom. The van der Waals surface area contributed by atoms with Gasteiger partial charge in [0.2, 0.25) is 0 Å². The van der Waals surface area contributed by atoms with Crippen LogP contribution in [0.15, 0.2) is 11.3 Å². The van der Waals surface area contributed by atoms with Crippen LogP contribution in [0.3, 0.4) is 0 Å². The van der Waals surface area contributed by atoms with Gasteiger partial charge in [0, 0.05) is 0 Å². The molecule has 0 bridgehead atoms. The van der Waals surface area contributed by atoms with Crippen LogP contribution in [0.5, 0.6) is 0 Å². The van der Waals surface area contributed by atoms with Crippen molar-refractivity contribution in [1.82, 2.24) is 0 Å². The lowest BCUT2D eigenvalue weighted by Crippen LogP contribution is -2.11. The first kappa shape index (κ1) is 14.8. The molecule has 18 heavy (non-hydrogen) atoms. The number of esters is 1. The Morgan fingerprint density at radius 3 is 2.11 bits per heavy atom. The summed E-state index contributed by atoms with van der Waals surface area (Å²) in [4.78, 5) is 12.2. The van der Waals surface area contributed by atoms with Gasteiger partial charge in [0.15, 0.2) is 5.76 Å². The highest BCUT2D eigenvalue weighted by Gasteiger charge is 2.69. The highest BCUT2D eigenvalue weighted by atomic mass is 16.5. The molecule has 0 spiro atoms. The van der Waals surface area contributed by atoms with Crippen LogP contribution in [-0.2, 0) is 9.53 Å². The maximum atomic E-state index is 12.2. The Hall–Kier alpha value is -1.23. The SMILES string of the molecule is C#C/C(OC(=O)C1C(C)(C)C1(C)C)=C(/C)CCC. The normalized spacial score (nSPS) is 21.8. The van der Waals surface area contributed by atoms with Crippen molar-refractivity contribution in [2.24, 2.45) is 16.7 Å². The Balaban J connectivity index is 2.79. The number of carbonyl (C=O) groups is 1. The first-order chi connectivity index (χ1) is 8.20. The van der Waals surface area contributed by atoms with E-state index in [1.165, 1.54) is 0 Å². The molecule has 100 valence electrons. The summed E-state index contributed by atoms with van der Waals surface area (Å²) in [5.41, 5.74) is 0.954. The van der Waals surface area contributed by atoms with Crippen molar-refractivity contribution >= 4 is 5.97 Å². The third-order valence-electron chi connectivity index (χ3n) is 4.60. The molecule has 1 aliphatic carbocycles. The van der Waals surface area contributed by atoms with Crippen molar-refractivity contribution in [1.29, 1.82) is 0 Å². The second-order valence-corrected chi connectivity index (χ2v) is 6.30. The maximum absolute atomic E-state index is 12.2. The van der Waals surface area contributed by atoms with Gasteiger partial charge < -0.3 is 4.74 Å². The van der Waals surface area contributed by atoms with Crippen molar-refractivity contribution in [2.75, 3.05) is 0 Å². The van der Waals surface area contributed by atoms with Gasteiger partial charge in [-0.05, 0) is 35.7 Å². The fraction of sp³-hybridized carbons (Fsp3) is 0.688. The molecule has 0 heterocycles. The Kier molecular flexibility index (Phi) is 3.96. The van der Waals surface area contributed by atoms with Gasteiger partial charge in [-0.1, -0.05) is 41.0 Å². The number of rotatable bonds is 4. The van der Waals surface area contributed by atoms with Crippen LogP contribution in [0, 0.1) is 29.1 Å². The molecular formula is C16H24O2. The summed E-state index contributed by atoms with van der Waals surface area (Å²) in [5.74, 6) is 2.64. The lowest BCUT2D eigenvalue weighted by Gasteiger charge is -2.08. The molecule has 0 unspecified atom stereocenters. The van der Waals surface area contributed by atoms with Crippen molar-refractivity contribution in [3.63, 3.8) is 0 Å². The summed E-state index contributed by atoms with van der Waals surface area (Å²) >= 11 is 0. The van der Waals surface area contributed by atoms with E-state index >= 15 is 0 Å². The van der Waals surface area contributed by atoms with E-state index in [4.69, 9.17) is 11.2 Å². The zero-order chi connectivity index (χ0) is 14.1. The molecule has 2 nitrogen and oxygen atoms in total. The van der Waals surface area contributed by atoms with Gasteiger partial charge in [0.25, 0.3) is 0 Å². The van der Waals surface area contributed by atoms with E-state index in [1.54, 1.807) is 0 Å². The number of allylic oxidation sites excluding steroid dienone is 2. The molecule has 1 rings (SSSR count).